The number of methoxy groups -OCH3 is 1. The van der Waals surface area contributed by atoms with Crippen LogP contribution in [0.15, 0.2) is 11.4 Å². The Morgan fingerprint density at radius 1 is 1.61 bits per heavy atom. The average molecular weight is 284 g/mol. The molecule has 1 aromatic heterocycles. The second-order valence-corrected chi connectivity index (χ2v) is 5.52. The molecule has 98 valence electrons. The van der Waals surface area contributed by atoms with E-state index in [0.717, 1.165) is 17.1 Å². The first-order chi connectivity index (χ1) is 8.77. The van der Waals surface area contributed by atoms with E-state index in [2.05, 4.69) is 16.6 Å². The lowest BCUT2D eigenvalue weighted by Crippen LogP contribution is -2.01. The van der Waals surface area contributed by atoms with Crippen molar-refractivity contribution in [3.05, 3.63) is 21.9 Å². The van der Waals surface area contributed by atoms with E-state index >= 15 is 0 Å². The van der Waals surface area contributed by atoms with Crippen molar-refractivity contribution in [2.45, 2.75) is 18.6 Å². The van der Waals surface area contributed by atoms with Gasteiger partial charge in [0.05, 0.1) is 20.1 Å². The van der Waals surface area contributed by atoms with E-state index in [1.807, 2.05) is 11.4 Å². The van der Waals surface area contributed by atoms with E-state index in [4.69, 9.17) is 5.11 Å². The van der Waals surface area contributed by atoms with E-state index in [9.17, 15) is 4.79 Å². The molecular weight excluding hydrogens is 268 g/mol. The Kier molecular flexibility index (Phi) is 7.58. The number of esters is 1. The maximum Gasteiger partial charge on any atom is 0.306 e. The number of aliphatic hydroxyl groups excluding tert-OH is 1. The molecule has 1 heterocycles. The highest BCUT2D eigenvalue weighted by molar-refractivity contribution is 7.98. The quantitative estimate of drug-likeness (QED) is 0.494. The number of carbonyl (C=O) groups is 1. The summed E-state index contributed by atoms with van der Waals surface area (Å²) in [4.78, 5) is 12.2. The molecule has 0 aliphatic carbocycles. The molecule has 5 heteroatoms. The Morgan fingerprint density at radius 2 is 2.44 bits per heavy atom. The number of ether oxygens (including phenoxy) is 1. The van der Waals surface area contributed by atoms with Crippen molar-refractivity contribution >= 4 is 29.1 Å². The molecular formula is C13H16O3S2. The van der Waals surface area contributed by atoms with Crippen LogP contribution in [0.1, 0.15) is 23.3 Å². The minimum atomic E-state index is -0.170. The monoisotopic (exact) mass is 284 g/mol. The molecule has 0 aliphatic heterocycles. The molecule has 0 atom stereocenters. The predicted molar refractivity (Wildman–Crippen MR) is 75.7 cm³/mol. The van der Waals surface area contributed by atoms with Gasteiger partial charge in [0.2, 0.25) is 0 Å². The number of rotatable bonds is 6. The van der Waals surface area contributed by atoms with Gasteiger partial charge in [-0.1, -0.05) is 11.8 Å². The zero-order chi connectivity index (χ0) is 13.2. The smallest absolute Gasteiger partial charge is 0.306 e. The van der Waals surface area contributed by atoms with Crippen LogP contribution >= 0.6 is 23.1 Å². The first kappa shape index (κ1) is 15.1. The Bertz CT molecular complexity index is 429. The topological polar surface area (TPSA) is 46.5 Å². The van der Waals surface area contributed by atoms with Gasteiger partial charge in [0.1, 0.15) is 0 Å². The van der Waals surface area contributed by atoms with Gasteiger partial charge in [-0.05, 0) is 11.4 Å². The summed E-state index contributed by atoms with van der Waals surface area (Å²) < 4.78 is 4.58. The summed E-state index contributed by atoms with van der Waals surface area (Å²) >= 11 is 3.37. The van der Waals surface area contributed by atoms with Crippen LogP contribution in [0.3, 0.4) is 0 Å². The molecule has 0 bridgehead atoms. The van der Waals surface area contributed by atoms with Crippen molar-refractivity contribution in [2.75, 3.05) is 19.5 Å². The van der Waals surface area contributed by atoms with Gasteiger partial charge in [0.15, 0.2) is 0 Å². The van der Waals surface area contributed by atoms with Crippen LogP contribution < -0.4 is 0 Å². The number of aliphatic hydroxyl groups is 1. The lowest BCUT2D eigenvalue weighted by molar-refractivity contribution is -0.140. The number of carbonyl (C=O) groups excluding carboxylic acids is 1. The standard InChI is InChI=1S/C13H16O3S2/c1-16-13(15)6-8-17-10-12-11(5-9-18-12)4-2-3-7-14/h5,9,14H,3,6-8,10H2,1H3. The van der Waals surface area contributed by atoms with Gasteiger partial charge < -0.3 is 9.84 Å². The molecule has 0 amide bonds. The first-order valence-corrected chi connectivity index (χ1v) is 7.62. The van der Waals surface area contributed by atoms with Gasteiger partial charge in [0.25, 0.3) is 0 Å². The van der Waals surface area contributed by atoms with E-state index in [0.29, 0.717) is 12.8 Å². The van der Waals surface area contributed by atoms with E-state index < -0.39 is 0 Å². The fourth-order valence-corrected chi connectivity index (χ4v) is 3.13. The Balaban J connectivity index is 2.37. The van der Waals surface area contributed by atoms with Crippen molar-refractivity contribution in [2.24, 2.45) is 0 Å². The summed E-state index contributed by atoms with van der Waals surface area (Å²) in [6.07, 6.45) is 0.947. The Labute approximate surface area is 116 Å². The summed E-state index contributed by atoms with van der Waals surface area (Å²) in [6.45, 7) is 0.0976. The minimum absolute atomic E-state index is 0.0976. The van der Waals surface area contributed by atoms with Crippen LogP contribution in [0.25, 0.3) is 0 Å². The summed E-state index contributed by atoms with van der Waals surface area (Å²) in [6, 6.07) is 1.99. The summed E-state index contributed by atoms with van der Waals surface area (Å²) in [7, 11) is 1.40. The third-order valence-corrected chi connectivity index (χ3v) is 4.21. The Hall–Kier alpha value is -0.960. The van der Waals surface area contributed by atoms with Gasteiger partial charge in [-0.2, -0.15) is 11.8 Å². The summed E-state index contributed by atoms with van der Waals surface area (Å²) in [5, 5.41) is 10.7. The maximum atomic E-state index is 10.9. The van der Waals surface area contributed by atoms with E-state index in [1.54, 1.807) is 23.1 Å². The highest BCUT2D eigenvalue weighted by atomic mass is 32.2. The molecule has 0 unspecified atom stereocenters. The zero-order valence-corrected chi connectivity index (χ0v) is 11.9. The minimum Gasteiger partial charge on any atom is -0.469 e. The fourth-order valence-electron chi connectivity index (χ4n) is 1.20. The number of thioether (sulfide) groups is 1. The Morgan fingerprint density at radius 3 is 3.17 bits per heavy atom. The lowest BCUT2D eigenvalue weighted by Gasteiger charge is -2.00. The highest BCUT2D eigenvalue weighted by Gasteiger charge is 2.04. The highest BCUT2D eigenvalue weighted by Crippen LogP contribution is 2.22. The SMILES string of the molecule is COC(=O)CCSCc1sccc1C#CCCO. The molecule has 0 aromatic carbocycles. The van der Waals surface area contributed by atoms with Crippen molar-refractivity contribution in [3.63, 3.8) is 0 Å². The van der Waals surface area contributed by atoms with Crippen LogP contribution in [0, 0.1) is 11.8 Å². The molecule has 3 nitrogen and oxygen atoms in total. The second-order valence-electron chi connectivity index (χ2n) is 3.41. The zero-order valence-electron chi connectivity index (χ0n) is 10.3. The molecule has 0 saturated heterocycles. The van der Waals surface area contributed by atoms with Gasteiger partial charge in [-0.3, -0.25) is 4.79 Å². The normalized spacial score (nSPS) is 9.67. The van der Waals surface area contributed by atoms with Crippen LogP contribution in [-0.4, -0.2) is 30.5 Å². The summed E-state index contributed by atoms with van der Waals surface area (Å²) in [5.74, 6) is 7.42. The molecule has 0 fully saturated rings. The molecule has 0 saturated carbocycles. The van der Waals surface area contributed by atoms with Crippen LogP contribution in [-0.2, 0) is 15.3 Å². The summed E-state index contributed by atoms with van der Waals surface area (Å²) in [5.41, 5.74) is 1.03. The van der Waals surface area contributed by atoms with Gasteiger partial charge >= 0.3 is 5.97 Å². The van der Waals surface area contributed by atoms with Crippen molar-refractivity contribution in [3.8, 4) is 11.8 Å². The van der Waals surface area contributed by atoms with Gasteiger partial charge in [0, 0.05) is 28.4 Å². The van der Waals surface area contributed by atoms with Crippen molar-refractivity contribution in [1.29, 1.82) is 0 Å². The molecule has 18 heavy (non-hydrogen) atoms. The van der Waals surface area contributed by atoms with Crippen LogP contribution in [0.5, 0.6) is 0 Å². The van der Waals surface area contributed by atoms with E-state index in [1.165, 1.54) is 12.0 Å². The predicted octanol–water partition coefficient (Wildman–Crippen LogP) is 2.28. The fraction of sp³-hybridized carbons (Fsp3) is 0.462. The van der Waals surface area contributed by atoms with Gasteiger partial charge in [-0.25, -0.2) is 0 Å². The van der Waals surface area contributed by atoms with E-state index in [-0.39, 0.29) is 12.6 Å². The number of hydrogen-bond donors (Lipinski definition) is 1. The molecule has 0 aliphatic rings. The largest absolute Gasteiger partial charge is 0.469 e. The average Bonchev–Trinajstić information content (AvgIpc) is 2.82. The second kappa shape index (κ2) is 9.03. The lowest BCUT2D eigenvalue weighted by atomic mass is 10.2. The molecule has 1 N–H and O–H groups in total. The molecule has 1 rings (SSSR count). The molecule has 0 radical (unpaired) electrons. The molecule has 0 spiro atoms. The van der Waals surface area contributed by atoms with Gasteiger partial charge in [-0.15, -0.1) is 11.3 Å². The number of thiophene rings is 1. The van der Waals surface area contributed by atoms with Crippen molar-refractivity contribution in [1.82, 2.24) is 0 Å². The third kappa shape index (κ3) is 5.58. The molecule has 1 aromatic rings. The maximum absolute atomic E-state index is 10.9. The number of hydrogen-bond acceptors (Lipinski definition) is 5. The van der Waals surface area contributed by atoms with Crippen LogP contribution in [0.2, 0.25) is 0 Å². The van der Waals surface area contributed by atoms with Crippen LogP contribution in [0.4, 0.5) is 0 Å². The third-order valence-electron chi connectivity index (χ3n) is 2.12. The first-order valence-electron chi connectivity index (χ1n) is 5.58. The van der Waals surface area contributed by atoms with Crippen molar-refractivity contribution < 1.29 is 14.6 Å².